The third kappa shape index (κ3) is 18.0. The van der Waals surface area contributed by atoms with Crippen molar-refractivity contribution >= 4 is 78.6 Å². The number of rotatable bonds is 25. The van der Waals surface area contributed by atoms with Gasteiger partial charge in [0.1, 0.15) is 36.3 Å². The summed E-state index contributed by atoms with van der Waals surface area (Å²) in [5.41, 5.74) is 15.5. The van der Waals surface area contributed by atoms with Gasteiger partial charge in [-0.05, 0) is 52.6 Å². The van der Waals surface area contributed by atoms with Gasteiger partial charge in [-0.3, -0.25) is 38.4 Å². The monoisotopic (exact) mass is 767 g/mol. The van der Waals surface area contributed by atoms with Gasteiger partial charge in [-0.1, -0.05) is 0 Å². The minimum atomic E-state index is -1.77. The molecule has 0 heterocycles. The van der Waals surface area contributed by atoms with Crippen molar-refractivity contribution in [2.45, 2.75) is 94.2 Å². The van der Waals surface area contributed by atoms with Gasteiger partial charge >= 0.3 is 17.9 Å². The maximum Gasteiger partial charge on any atom is 0.327 e. The fourth-order valence-electron chi connectivity index (χ4n) is 4.03. The maximum absolute atomic E-state index is 13.5. The predicted octanol–water partition coefficient (Wildman–Crippen LogP) is -5.00. The van der Waals surface area contributed by atoms with Crippen molar-refractivity contribution in [3.63, 3.8) is 0 Å². The smallest absolute Gasteiger partial charge is 0.327 e. The summed E-state index contributed by atoms with van der Waals surface area (Å²) in [6.07, 6.45) is -1.86. The van der Waals surface area contributed by atoms with E-state index in [1.807, 2.05) is 0 Å². The lowest BCUT2D eigenvalue weighted by Crippen LogP contribution is -2.61. The molecule has 0 spiro atoms. The van der Waals surface area contributed by atoms with Crippen molar-refractivity contribution in [1.82, 2.24) is 31.9 Å². The minimum Gasteiger partial charge on any atom is -0.481 e. The van der Waals surface area contributed by atoms with Crippen LogP contribution in [-0.4, -0.2) is 135 Å². The quantitative estimate of drug-likeness (QED) is 0.0387. The van der Waals surface area contributed by atoms with Gasteiger partial charge in [0.15, 0.2) is 0 Å². The zero-order valence-electron chi connectivity index (χ0n) is 28.2. The topological polar surface area (TPSA) is 365 Å². The number of thiol groups is 2. The van der Waals surface area contributed by atoms with E-state index in [0.29, 0.717) is 0 Å². The zero-order chi connectivity index (χ0) is 39.5. The lowest BCUT2D eigenvalue weighted by atomic mass is 10.0. The molecule has 6 amide bonds. The molecule has 0 aromatic rings. The number of nitrogens with two attached hydrogens (primary N) is 3. The van der Waals surface area contributed by atoms with Crippen LogP contribution in [0.15, 0.2) is 0 Å². The molecule has 0 radical (unpaired) electrons. The predicted molar refractivity (Wildman–Crippen MR) is 186 cm³/mol. The van der Waals surface area contributed by atoms with Crippen LogP contribution < -0.4 is 49.1 Å². The number of aliphatic carboxylic acids is 3. The Hall–Kier alpha value is -4.19. The van der Waals surface area contributed by atoms with Crippen LogP contribution in [0.1, 0.15) is 52.4 Å². The lowest BCUT2D eigenvalue weighted by molar-refractivity contribution is -0.143. The lowest BCUT2D eigenvalue weighted by Gasteiger charge is -2.27. The first-order chi connectivity index (χ1) is 23.7. The molecule has 15 N–H and O–H groups in total. The van der Waals surface area contributed by atoms with E-state index in [2.05, 4.69) is 57.2 Å². The Kier molecular flexibility index (Phi) is 21.4. The largest absolute Gasteiger partial charge is 0.481 e. The van der Waals surface area contributed by atoms with Gasteiger partial charge < -0.3 is 64.4 Å². The molecule has 0 rings (SSSR count). The molecule has 0 aromatic carbocycles. The van der Waals surface area contributed by atoms with E-state index in [1.165, 1.54) is 13.8 Å². The average Bonchev–Trinajstić information content (AvgIpc) is 3.03. The van der Waals surface area contributed by atoms with Crippen LogP contribution in [0.3, 0.4) is 0 Å². The van der Waals surface area contributed by atoms with E-state index in [1.54, 1.807) is 0 Å². The molecule has 0 bridgehead atoms. The Morgan fingerprint density at radius 3 is 1.16 bits per heavy atom. The van der Waals surface area contributed by atoms with Crippen molar-refractivity contribution in [3.05, 3.63) is 0 Å². The second kappa shape index (κ2) is 23.3. The van der Waals surface area contributed by atoms with Gasteiger partial charge in [0.2, 0.25) is 35.4 Å². The summed E-state index contributed by atoms with van der Waals surface area (Å²) in [6, 6.07) is -9.28. The maximum atomic E-state index is 13.5. The summed E-state index contributed by atoms with van der Waals surface area (Å²) >= 11 is 7.85. The average molecular weight is 768 g/mol. The summed E-state index contributed by atoms with van der Waals surface area (Å²) < 4.78 is 0. The molecule has 0 fully saturated rings. The molecule has 6 atom stereocenters. The van der Waals surface area contributed by atoms with Gasteiger partial charge in [0.25, 0.3) is 0 Å². The van der Waals surface area contributed by atoms with E-state index < -0.39 is 108 Å². The molecule has 0 saturated carbocycles. The molecular formula is C28H49N9O12S2. The van der Waals surface area contributed by atoms with E-state index >= 15 is 0 Å². The molecule has 6 unspecified atom stereocenters. The van der Waals surface area contributed by atoms with Gasteiger partial charge in [-0.15, -0.1) is 0 Å². The van der Waals surface area contributed by atoms with Gasteiger partial charge in [-0.25, -0.2) is 4.79 Å². The minimum absolute atomic E-state index is 0.0430. The highest BCUT2D eigenvalue weighted by atomic mass is 32.1. The molecule has 0 aliphatic carbocycles. The molecule has 0 saturated heterocycles. The van der Waals surface area contributed by atoms with Crippen LogP contribution in [0.25, 0.3) is 0 Å². The van der Waals surface area contributed by atoms with Crippen molar-refractivity contribution in [2.75, 3.05) is 24.6 Å². The highest BCUT2D eigenvalue weighted by Crippen LogP contribution is 2.07. The second-order valence-corrected chi connectivity index (χ2v) is 12.5. The Bertz CT molecular complexity index is 1270. The molecule has 23 heteroatoms. The standard InChI is InChI=1S/C28H49N9O12S2/c1-28(2,31)27(49)37-17(11-50)25(46)35-15(9-19(38)39)23(44)33-13(5-3-7-29)21(42)32-14(6-4-8-30)22(43)34-16(10-20(40)41)24(45)36-18(12-51)26(47)48/h13-18,50-51H,3-12,29-31H2,1-2H3,(H,32,42)(H,33,44)(H,34,43)(H,35,46)(H,36,45)(H,37,49)(H,38,39)(H,40,41)(H,47,48). The van der Waals surface area contributed by atoms with Crippen LogP contribution in [0.5, 0.6) is 0 Å². The van der Waals surface area contributed by atoms with Gasteiger partial charge in [0, 0.05) is 11.5 Å². The molecule has 51 heavy (non-hydrogen) atoms. The number of carbonyl (C=O) groups excluding carboxylic acids is 6. The number of amides is 6. The fourth-order valence-corrected chi connectivity index (χ4v) is 4.54. The third-order valence-electron chi connectivity index (χ3n) is 6.87. The summed E-state index contributed by atoms with van der Waals surface area (Å²) in [5.74, 6) is -11.1. The summed E-state index contributed by atoms with van der Waals surface area (Å²) in [6.45, 7) is 2.84. The van der Waals surface area contributed by atoms with E-state index in [4.69, 9.17) is 17.2 Å². The normalized spacial score (nSPS) is 14.6. The Labute approximate surface area is 304 Å². The number of carboxylic acids is 3. The molecule has 0 aromatic heterocycles. The molecule has 0 aliphatic heterocycles. The Morgan fingerprint density at radius 1 is 0.549 bits per heavy atom. The number of hydrogen-bond acceptors (Lipinski definition) is 14. The van der Waals surface area contributed by atoms with Crippen LogP contribution >= 0.6 is 25.3 Å². The van der Waals surface area contributed by atoms with Crippen LogP contribution in [-0.2, 0) is 43.2 Å². The number of carboxylic acid groups (broad SMARTS) is 3. The van der Waals surface area contributed by atoms with E-state index in [-0.39, 0.29) is 50.3 Å². The first kappa shape index (κ1) is 46.8. The van der Waals surface area contributed by atoms with E-state index in [9.17, 15) is 58.5 Å². The Morgan fingerprint density at radius 2 is 0.863 bits per heavy atom. The highest BCUT2D eigenvalue weighted by molar-refractivity contribution is 7.80. The SMILES string of the molecule is CC(C)(N)C(=O)NC(CS)C(=O)NC(CC(=O)O)C(=O)NC(CCCN)C(=O)NC(CCCN)C(=O)NC(CC(=O)O)C(=O)NC(CS)C(=O)O. The van der Waals surface area contributed by atoms with Gasteiger partial charge in [0.05, 0.1) is 18.4 Å². The van der Waals surface area contributed by atoms with Gasteiger partial charge in [-0.2, -0.15) is 25.3 Å². The van der Waals surface area contributed by atoms with Crippen molar-refractivity contribution in [1.29, 1.82) is 0 Å². The summed E-state index contributed by atoms with van der Waals surface area (Å²) in [4.78, 5) is 112. The van der Waals surface area contributed by atoms with Crippen molar-refractivity contribution in [2.24, 2.45) is 17.2 Å². The molecule has 290 valence electrons. The first-order valence-corrected chi connectivity index (χ1v) is 16.9. The second-order valence-electron chi connectivity index (χ2n) is 11.8. The van der Waals surface area contributed by atoms with Crippen LogP contribution in [0.4, 0.5) is 0 Å². The number of nitrogens with one attached hydrogen (secondary N) is 6. The Balaban J connectivity index is 6.17. The van der Waals surface area contributed by atoms with Crippen LogP contribution in [0.2, 0.25) is 0 Å². The summed E-state index contributed by atoms with van der Waals surface area (Å²) in [5, 5.41) is 41.5. The summed E-state index contributed by atoms with van der Waals surface area (Å²) in [7, 11) is 0. The molecule has 21 nitrogen and oxygen atoms in total. The number of carbonyl (C=O) groups is 9. The first-order valence-electron chi connectivity index (χ1n) is 15.6. The number of hydrogen-bond donors (Lipinski definition) is 14. The molecular weight excluding hydrogens is 718 g/mol. The molecule has 0 aliphatic rings. The highest BCUT2D eigenvalue weighted by Gasteiger charge is 2.35. The van der Waals surface area contributed by atoms with E-state index in [0.717, 1.165) is 0 Å². The zero-order valence-corrected chi connectivity index (χ0v) is 30.0. The fraction of sp³-hybridized carbons (Fsp3) is 0.679. The van der Waals surface area contributed by atoms with Crippen LogP contribution in [0, 0.1) is 0 Å². The third-order valence-corrected chi connectivity index (χ3v) is 7.60. The van der Waals surface area contributed by atoms with Crippen molar-refractivity contribution < 1.29 is 58.5 Å². The van der Waals surface area contributed by atoms with Crippen molar-refractivity contribution in [3.8, 4) is 0 Å².